The molecule has 0 aliphatic carbocycles. The molecular weight excluding hydrogens is 408 g/mol. The third-order valence-corrected chi connectivity index (χ3v) is 5.55. The van der Waals surface area contributed by atoms with Crippen LogP contribution in [-0.2, 0) is 14.4 Å². The molecule has 1 saturated heterocycles. The highest BCUT2D eigenvalue weighted by Gasteiger charge is 2.41. The summed E-state index contributed by atoms with van der Waals surface area (Å²) in [5.41, 5.74) is 2.29. The molecule has 1 aliphatic heterocycles. The molecule has 2 rings (SSSR count). The summed E-state index contributed by atoms with van der Waals surface area (Å²) in [4.78, 5) is 40.3. The van der Waals surface area contributed by atoms with Gasteiger partial charge in [-0.2, -0.15) is 0 Å². The lowest BCUT2D eigenvalue weighted by atomic mass is 9.82. The minimum absolute atomic E-state index is 0.223. The van der Waals surface area contributed by atoms with Crippen LogP contribution in [-0.4, -0.2) is 60.0 Å². The topological polar surface area (TPSA) is 111 Å². The fourth-order valence-corrected chi connectivity index (χ4v) is 3.80. The molecule has 0 unspecified atom stereocenters. The fourth-order valence-electron chi connectivity index (χ4n) is 3.68. The molecule has 8 nitrogen and oxygen atoms in total. The summed E-state index contributed by atoms with van der Waals surface area (Å²) in [5, 5.41) is 15.8. The van der Waals surface area contributed by atoms with Crippen molar-refractivity contribution in [2.45, 2.75) is 39.2 Å². The Bertz CT molecular complexity index is 741. The van der Waals surface area contributed by atoms with Gasteiger partial charge in [0.05, 0.1) is 11.8 Å². The van der Waals surface area contributed by atoms with Crippen LogP contribution < -0.4 is 16.1 Å². The highest BCUT2D eigenvalue weighted by atomic mass is 35.5. The predicted molar refractivity (Wildman–Crippen MR) is 114 cm³/mol. The Morgan fingerprint density at radius 3 is 2.50 bits per heavy atom. The largest absolute Gasteiger partial charge is 0.354 e. The predicted octanol–water partition coefficient (Wildman–Crippen LogP) is 1.53. The van der Waals surface area contributed by atoms with Gasteiger partial charge in [0.15, 0.2) is 0 Å². The van der Waals surface area contributed by atoms with Crippen molar-refractivity contribution in [3.05, 3.63) is 34.9 Å². The van der Waals surface area contributed by atoms with Crippen LogP contribution in [0.2, 0.25) is 5.02 Å². The van der Waals surface area contributed by atoms with Crippen molar-refractivity contribution in [2.24, 2.45) is 11.8 Å². The smallest absolute Gasteiger partial charge is 0.247 e. The highest BCUT2D eigenvalue weighted by molar-refractivity contribution is 6.30. The molecule has 3 atom stereocenters. The average molecular weight is 439 g/mol. The van der Waals surface area contributed by atoms with Gasteiger partial charge in [0.2, 0.25) is 17.7 Å². The summed E-state index contributed by atoms with van der Waals surface area (Å²) in [6.07, 6.45) is 0.335. The molecule has 1 aromatic carbocycles. The monoisotopic (exact) mass is 438 g/mol. The summed E-state index contributed by atoms with van der Waals surface area (Å²) in [6, 6.07) is 6.05. The molecule has 1 aromatic rings. The van der Waals surface area contributed by atoms with Gasteiger partial charge in [-0.1, -0.05) is 44.5 Å². The van der Waals surface area contributed by atoms with E-state index in [2.05, 4.69) is 10.6 Å². The molecule has 4 N–H and O–H groups in total. The van der Waals surface area contributed by atoms with Gasteiger partial charge in [-0.15, -0.1) is 0 Å². The average Bonchev–Trinajstić information content (AvgIpc) is 2.75. The maximum absolute atomic E-state index is 13.7. The van der Waals surface area contributed by atoms with Crippen LogP contribution >= 0.6 is 11.6 Å². The van der Waals surface area contributed by atoms with Crippen LogP contribution in [0.15, 0.2) is 24.3 Å². The lowest BCUT2D eigenvalue weighted by molar-refractivity contribution is -0.147. The number of nitrogens with zero attached hydrogens (tertiary/aromatic N) is 1. The molecular formula is C21H31ClN4O4. The standard InChI is InChI=1S/C21H31ClN4O4/c1-4-16(19(27)25-30)18(14-5-7-15(22)8-6-14)21(29)26-10-9-23-12-17(26)20(28)24-11-13(2)3/h5-8,13,16-18,23,30H,4,9-12H2,1-3H3,(H,24,28)(H,25,27)/t16-,17-,18+/m0/s1. The van der Waals surface area contributed by atoms with E-state index in [1.807, 2.05) is 13.8 Å². The zero-order valence-corrected chi connectivity index (χ0v) is 18.4. The van der Waals surface area contributed by atoms with Gasteiger partial charge in [0.25, 0.3) is 0 Å². The fraction of sp³-hybridized carbons (Fsp3) is 0.571. The quantitative estimate of drug-likeness (QED) is 0.363. The van der Waals surface area contributed by atoms with E-state index in [-0.39, 0.29) is 17.7 Å². The van der Waals surface area contributed by atoms with Crippen LogP contribution in [0.3, 0.4) is 0 Å². The maximum atomic E-state index is 13.7. The summed E-state index contributed by atoms with van der Waals surface area (Å²) in [6.45, 7) is 7.53. The van der Waals surface area contributed by atoms with Crippen LogP contribution in [0, 0.1) is 11.8 Å². The van der Waals surface area contributed by atoms with E-state index in [1.165, 1.54) is 0 Å². The van der Waals surface area contributed by atoms with Crippen molar-refractivity contribution in [1.82, 2.24) is 21.0 Å². The second-order valence-electron chi connectivity index (χ2n) is 7.91. The van der Waals surface area contributed by atoms with E-state index < -0.39 is 23.8 Å². The Morgan fingerprint density at radius 2 is 1.93 bits per heavy atom. The van der Waals surface area contributed by atoms with Crippen LogP contribution in [0.5, 0.6) is 0 Å². The number of carbonyl (C=O) groups excluding carboxylic acids is 3. The first-order valence-electron chi connectivity index (χ1n) is 10.3. The van der Waals surface area contributed by atoms with Gasteiger partial charge < -0.3 is 15.5 Å². The van der Waals surface area contributed by atoms with Crippen LogP contribution in [0.25, 0.3) is 0 Å². The Morgan fingerprint density at radius 1 is 1.27 bits per heavy atom. The summed E-state index contributed by atoms with van der Waals surface area (Å²) in [5.74, 6) is -2.54. The zero-order chi connectivity index (χ0) is 22.3. The molecule has 1 fully saturated rings. The Labute approximate surface area is 182 Å². The molecule has 1 aliphatic rings. The molecule has 9 heteroatoms. The minimum Gasteiger partial charge on any atom is -0.354 e. The molecule has 0 spiro atoms. The van der Waals surface area contributed by atoms with Crippen molar-refractivity contribution < 1.29 is 19.6 Å². The van der Waals surface area contributed by atoms with Crippen molar-refractivity contribution >= 4 is 29.3 Å². The van der Waals surface area contributed by atoms with E-state index in [0.717, 1.165) is 0 Å². The number of piperazine rings is 1. The summed E-state index contributed by atoms with van der Waals surface area (Å²) < 4.78 is 0. The van der Waals surface area contributed by atoms with E-state index in [9.17, 15) is 19.6 Å². The van der Waals surface area contributed by atoms with Gasteiger partial charge in [0.1, 0.15) is 6.04 Å². The lowest BCUT2D eigenvalue weighted by Gasteiger charge is -2.38. The molecule has 30 heavy (non-hydrogen) atoms. The minimum atomic E-state index is -0.849. The maximum Gasteiger partial charge on any atom is 0.247 e. The Kier molecular flexibility index (Phi) is 9.08. The van der Waals surface area contributed by atoms with E-state index in [0.29, 0.717) is 43.2 Å². The second-order valence-corrected chi connectivity index (χ2v) is 8.35. The van der Waals surface area contributed by atoms with Gasteiger partial charge >= 0.3 is 0 Å². The zero-order valence-electron chi connectivity index (χ0n) is 17.7. The van der Waals surface area contributed by atoms with E-state index in [1.54, 1.807) is 41.6 Å². The molecule has 3 amide bonds. The number of hydrogen-bond acceptors (Lipinski definition) is 5. The normalized spacial score (nSPS) is 18.6. The van der Waals surface area contributed by atoms with E-state index >= 15 is 0 Å². The molecule has 166 valence electrons. The number of benzene rings is 1. The van der Waals surface area contributed by atoms with E-state index in [4.69, 9.17) is 11.6 Å². The van der Waals surface area contributed by atoms with Gasteiger partial charge in [-0.25, -0.2) is 5.48 Å². The van der Waals surface area contributed by atoms with Gasteiger partial charge in [-0.05, 0) is 30.0 Å². The summed E-state index contributed by atoms with van der Waals surface area (Å²) >= 11 is 6.00. The SMILES string of the molecule is CC[C@H](C(=O)NO)[C@H](C(=O)N1CCNC[C@H]1C(=O)NCC(C)C)c1ccc(Cl)cc1. The van der Waals surface area contributed by atoms with Gasteiger partial charge in [-0.3, -0.25) is 19.6 Å². The first-order chi connectivity index (χ1) is 14.3. The van der Waals surface area contributed by atoms with Crippen molar-refractivity contribution in [3.8, 4) is 0 Å². The number of rotatable bonds is 8. The third-order valence-electron chi connectivity index (χ3n) is 5.30. The van der Waals surface area contributed by atoms with Crippen LogP contribution in [0.1, 0.15) is 38.7 Å². The van der Waals surface area contributed by atoms with Crippen molar-refractivity contribution in [2.75, 3.05) is 26.2 Å². The number of amides is 3. The lowest BCUT2D eigenvalue weighted by Crippen LogP contribution is -2.61. The third kappa shape index (κ3) is 5.93. The molecule has 0 bridgehead atoms. The molecule has 0 saturated carbocycles. The second kappa shape index (κ2) is 11.3. The number of hydrogen-bond donors (Lipinski definition) is 4. The first kappa shape index (κ1) is 24.1. The number of carbonyl (C=O) groups is 3. The number of hydroxylamine groups is 1. The number of nitrogens with one attached hydrogen (secondary N) is 3. The molecule has 0 radical (unpaired) electrons. The Hall–Kier alpha value is -2.16. The molecule has 1 heterocycles. The first-order valence-corrected chi connectivity index (χ1v) is 10.7. The Balaban J connectivity index is 2.37. The van der Waals surface area contributed by atoms with Gasteiger partial charge in [0, 0.05) is 31.2 Å². The van der Waals surface area contributed by atoms with Crippen molar-refractivity contribution in [3.63, 3.8) is 0 Å². The van der Waals surface area contributed by atoms with Crippen LogP contribution in [0.4, 0.5) is 0 Å². The molecule has 0 aromatic heterocycles. The van der Waals surface area contributed by atoms with Crippen molar-refractivity contribution in [1.29, 1.82) is 0 Å². The highest BCUT2D eigenvalue weighted by Crippen LogP contribution is 2.31. The summed E-state index contributed by atoms with van der Waals surface area (Å²) in [7, 11) is 0. The number of halogens is 1.